The molecular formula is C5H11NO6P-3. The van der Waals surface area contributed by atoms with E-state index in [4.69, 9.17) is 19.2 Å². The van der Waals surface area contributed by atoms with E-state index in [0.29, 0.717) is 4.48 Å². The van der Waals surface area contributed by atoms with Crippen LogP contribution < -0.4 is 19.8 Å². The molecule has 0 aromatic carbocycles. The van der Waals surface area contributed by atoms with Crippen molar-refractivity contribution in [3.63, 3.8) is 0 Å². The first-order valence-electron chi connectivity index (χ1n) is 3.15. The number of hydrogen-bond donors (Lipinski definition) is 0. The van der Waals surface area contributed by atoms with E-state index in [1.807, 2.05) is 0 Å². The molecule has 0 rings (SSSR count). The number of aliphatic carboxylic acids is 1. The first kappa shape index (κ1) is 15.0. The number of nitrogens with zero attached hydrogens (tertiary/aromatic N) is 1. The number of carbonyl (C=O) groups is 1. The Morgan fingerprint density at radius 3 is 1.46 bits per heavy atom. The third-order valence-corrected chi connectivity index (χ3v) is 0.603. The normalized spacial score (nSPS) is 11.5. The van der Waals surface area contributed by atoms with Gasteiger partial charge >= 0.3 is 0 Å². The maximum atomic E-state index is 9.89. The summed E-state index contributed by atoms with van der Waals surface area (Å²) in [6.07, 6.45) is 0. The molecule has 0 aliphatic heterocycles. The Labute approximate surface area is 76.1 Å². The van der Waals surface area contributed by atoms with Crippen molar-refractivity contribution < 1.29 is 33.6 Å². The number of carboxylic acids is 1. The van der Waals surface area contributed by atoms with Gasteiger partial charge in [-0.3, -0.25) is 0 Å². The predicted molar refractivity (Wildman–Crippen MR) is 35.5 cm³/mol. The minimum Gasteiger partial charge on any atom is -0.822 e. The standard InChI is InChI=1S/C5H11NO2.H3O4P/c1-6(2,3)4-5(7)8;1-5(2,3)4/h4H2,1-3H3;(H3,1,2,3,4)/p-3. The van der Waals surface area contributed by atoms with Crippen LogP contribution in [-0.2, 0) is 9.36 Å². The highest BCUT2D eigenvalue weighted by atomic mass is 31.2. The number of likely N-dealkylation sites (N-methyl/N-ethyl adjacent to an activating group) is 1. The molecule has 0 aliphatic rings. The molecule has 0 amide bonds. The van der Waals surface area contributed by atoms with Crippen LogP contribution in [0, 0.1) is 0 Å². The Hall–Kier alpha value is -0.460. The highest BCUT2D eigenvalue weighted by Crippen LogP contribution is 2.03. The van der Waals surface area contributed by atoms with Gasteiger partial charge in [0.25, 0.3) is 0 Å². The first-order valence-corrected chi connectivity index (χ1v) is 4.61. The number of rotatable bonds is 2. The van der Waals surface area contributed by atoms with Crippen molar-refractivity contribution in [2.45, 2.75) is 0 Å². The van der Waals surface area contributed by atoms with Gasteiger partial charge in [0.05, 0.1) is 27.1 Å². The maximum absolute atomic E-state index is 9.89. The summed E-state index contributed by atoms with van der Waals surface area (Å²) in [5.74, 6) is -1.00. The number of carbonyl (C=O) groups excluding carboxylic acids is 1. The second-order valence-electron chi connectivity index (χ2n) is 3.27. The van der Waals surface area contributed by atoms with E-state index in [9.17, 15) is 9.90 Å². The molecule has 0 fully saturated rings. The highest BCUT2D eigenvalue weighted by Gasteiger charge is 2.04. The summed E-state index contributed by atoms with van der Waals surface area (Å²) in [6.45, 7) is 0.0694. The van der Waals surface area contributed by atoms with Crippen LogP contribution in [-0.4, -0.2) is 38.1 Å². The van der Waals surface area contributed by atoms with Crippen molar-refractivity contribution in [3.05, 3.63) is 0 Å². The smallest absolute Gasteiger partial charge is 0.118 e. The number of phosphoric acid groups is 1. The minimum absolute atomic E-state index is 0.0694. The van der Waals surface area contributed by atoms with Crippen molar-refractivity contribution in [1.82, 2.24) is 0 Å². The zero-order valence-corrected chi connectivity index (χ0v) is 8.45. The summed E-state index contributed by atoms with van der Waals surface area (Å²) >= 11 is 0. The van der Waals surface area contributed by atoms with Crippen molar-refractivity contribution in [3.8, 4) is 0 Å². The average molecular weight is 212 g/mol. The van der Waals surface area contributed by atoms with Crippen LogP contribution in [0.15, 0.2) is 0 Å². The molecule has 8 heteroatoms. The van der Waals surface area contributed by atoms with E-state index in [1.54, 1.807) is 21.1 Å². The average Bonchev–Trinajstić information content (AvgIpc) is 1.47. The third-order valence-electron chi connectivity index (χ3n) is 0.603. The Kier molecular flexibility index (Phi) is 6.14. The highest BCUT2D eigenvalue weighted by molar-refractivity contribution is 7.40. The van der Waals surface area contributed by atoms with E-state index < -0.39 is 13.8 Å². The topological polar surface area (TPSA) is 126 Å². The fourth-order valence-electron chi connectivity index (χ4n) is 0.387. The Balaban J connectivity index is 0. The van der Waals surface area contributed by atoms with Crippen LogP contribution in [0.5, 0.6) is 0 Å². The zero-order valence-electron chi connectivity index (χ0n) is 7.55. The molecule has 80 valence electrons. The van der Waals surface area contributed by atoms with Gasteiger partial charge in [-0.15, -0.1) is 0 Å². The number of quaternary nitrogens is 1. The van der Waals surface area contributed by atoms with Gasteiger partial charge < -0.3 is 33.6 Å². The summed E-state index contributed by atoms with van der Waals surface area (Å²) in [6, 6.07) is 0. The molecule has 0 aromatic rings. The van der Waals surface area contributed by atoms with Gasteiger partial charge in [0, 0.05) is 0 Å². The number of carboxylic acid groups (broad SMARTS) is 1. The summed E-state index contributed by atoms with van der Waals surface area (Å²) in [4.78, 5) is 35.5. The van der Waals surface area contributed by atoms with Gasteiger partial charge in [-0.05, 0) is 0 Å². The second-order valence-corrected chi connectivity index (χ2v) is 4.16. The summed E-state index contributed by atoms with van der Waals surface area (Å²) < 4.78 is 8.97. The fraction of sp³-hybridized carbons (Fsp3) is 0.800. The van der Waals surface area contributed by atoms with Crippen molar-refractivity contribution in [1.29, 1.82) is 0 Å². The van der Waals surface area contributed by atoms with Crippen LogP contribution in [0.2, 0.25) is 0 Å². The quantitative estimate of drug-likeness (QED) is 0.336. The molecular weight excluding hydrogens is 201 g/mol. The second kappa shape index (κ2) is 5.31. The lowest BCUT2D eigenvalue weighted by atomic mass is 10.5. The van der Waals surface area contributed by atoms with Crippen LogP contribution in [0.1, 0.15) is 0 Å². The van der Waals surface area contributed by atoms with Gasteiger partial charge in [0.15, 0.2) is 0 Å². The molecule has 7 nitrogen and oxygen atoms in total. The lowest BCUT2D eigenvalue weighted by molar-refractivity contribution is -0.864. The van der Waals surface area contributed by atoms with Gasteiger partial charge in [0.1, 0.15) is 6.54 Å². The van der Waals surface area contributed by atoms with E-state index in [1.165, 1.54) is 0 Å². The van der Waals surface area contributed by atoms with Crippen LogP contribution in [0.4, 0.5) is 0 Å². The molecule has 0 N–H and O–H groups in total. The van der Waals surface area contributed by atoms with Crippen molar-refractivity contribution in [2.75, 3.05) is 27.7 Å². The zero-order chi connectivity index (χ0) is 11.3. The van der Waals surface area contributed by atoms with E-state index in [0.717, 1.165) is 0 Å². The summed E-state index contributed by atoms with van der Waals surface area (Å²) in [7, 11) is 0.0153. The first-order chi connectivity index (χ1) is 5.42. The van der Waals surface area contributed by atoms with Gasteiger partial charge in [-0.2, -0.15) is 7.82 Å². The van der Waals surface area contributed by atoms with E-state index >= 15 is 0 Å². The van der Waals surface area contributed by atoms with Crippen molar-refractivity contribution in [2.24, 2.45) is 0 Å². The van der Waals surface area contributed by atoms with Crippen molar-refractivity contribution >= 4 is 13.8 Å². The summed E-state index contributed by atoms with van der Waals surface area (Å²) in [5, 5.41) is 9.89. The maximum Gasteiger partial charge on any atom is 0.118 e. The van der Waals surface area contributed by atoms with Crippen LogP contribution in [0.3, 0.4) is 0 Å². The molecule has 0 unspecified atom stereocenters. The monoisotopic (exact) mass is 212 g/mol. The van der Waals surface area contributed by atoms with Crippen LogP contribution in [0.25, 0.3) is 0 Å². The van der Waals surface area contributed by atoms with Gasteiger partial charge in [-0.25, -0.2) is 0 Å². The molecule has 0 saturated heterocycles. The molecule has 0 aromatic heterocycles. The molecule has 0 heterocycles. The Bertz CT molecular complexity index is 195. The molecule has 0 radical (unpaired) electrons. The van der Waals surface area contributed by atoms with Crippen LogP contribution >= 0.6 is 7.82 Å². The third kappa shape index (κ3) is 51.0. The SMILES string of the molecule is C[N+](C)(C)CC(=O)[O-].O=P([O-])([O-])[O-]. The molecule has 0 spiro atoms. The van der Waals surface area contributed by atoms with Gasteiger partial charge in [-0.1, -0.05) is 0 Å². The molecule has 13 heavy (non-hydrogen) atoms. The van der Waals surface area contributed by atoms with Gasteiger partial charge in [0.2, 0.25) is 0 Å². The minimum atomic E-state index is -5.39. The van der Waals surface area contributed by atoms with E-state index in [2.05, 4.69) is 0 Å². The lowest BCUT2D eigenvalue weighted by Gasteiger charge is -2.36. The predicted octanol–water partition coefficient (Wildman–Crippen LogP) is -4.38. The molecule has 0 aliphatic carbocycles. The Morgan fingerprint density at radius 2 is 1.46 bits per heavy atom. The molecule has 0 atom stereocenters. The number of hydrogen-bond acceptors (Lipinski definition) is 6. The van der Waals surface area contributed by atoms with E-state index in [-0.39, 0.29) is 6.54 Å². The fourth-order valence-corrected chi connectivity index (χ4v) is 0.387. The summed E-state index contributed by atoms with van der Waals surface area (Å²) in [5.41, 5.74) is 0. The lowest BCUT2D eigenvalue weighted by Crippen LogP contribution is -2.45. The Morgan fingerprint density at radius 1 is 1.23 bits per heavy atom. The molecule has 0 saturated carbocycles. The largest absolute Gasteiger partial charge is 0.822 e. The molecule has 0 bridgehead atoms.